The number of primary amides is 1. The Labute approximate surface area is 215 Å². The topological polar surface area (TPSA) is 145 Å². The quantitative estimate of drug-likeness (QED) is 0.368. The number of hydrogen-bond acceptors (Lipinski definition) is 6. The highest BCUT2D eigenvalue weighted by atomic mass is 32.2. The predicted molar refractivity (Wildman–Crippen MR) is 143 cm³/mol. The summed E-state index contributed by atoms with van der Waals surface area (Å²) in [5, 5.41) is 1.54. The minimum absolute atomic E-state index is 0.0403. The molecule has 2 heterocycles. The van der Waals surface area contributed by atoms with Crippen molar-refractivity contribution in [3.8, 4) is 0 Å². The number of ether oxygens (including phenoxy) is 1. The lowest BCUT2D eigenvalue weighted by Crippen LogP contribution is -2.41. The molecule has 0 aliphatic rings. The summed E-state index contributed by atoms with van der Waals surface area (Å²) >= 11 is 0. The van der Waals surface area contributed by atoms with Crippen LogP contribution in [-0.2, 0) is 22.2 Å². The fourth-order valence-electron chi connectivity index (χ4n) is 3.84. The van der Waals surface area contributed by atoms with Gasteiger partial charge >= 0.3 is 16.4 Å². The summed E-state index contributed by atoms with van der Waals surface area (Å²) in [6.07, 6.45) is 0.219. The number of anilines is 1. The number of benzene rings is 1. The zero-order valence-corrected chi connectivity index (χ0v) is 23.0. The van der Waals surface area contributed by atoms with Crippen molar-refractivity contribution in [3.05, 3.63) is 30.0 Å². The van der Waals surface area contributed by atoms with E-state index in [4.69, 9.17) is 21.2 Å². The number of imidazole rings is 2. The van der Waals surface area contributed by atoms with Gasteiger partial charge in [-0.3, -0.25) is 14.3 Å². The minimum atomic E-state index is -0.679. The van der Waals surface area contributed by atoms with Gasteiger partial charge in [-0.05, 0) is 67.0 Å². The average Bonchev–Trinajstić information content (AvgIpc) is 3.31. The third-order valence-electron chi connectivity index (χ3n) is 5.48. The van der Waals surface area contributed by atoms with E-state index in [9.17, 15) is 9.59 Å². The number of hydrogen-bond donors (Lipinski definition) is 3. The van der Waals surface area contributed by atoms with Crippen LogP contribution < -0.4 is 11.5 Å². The van der Waals surface area contributed by atoms with Gasteiger partial charge in [0.25, 0.3) is 5.91 Å². The van der Waals surface area contributed by atoms with E-state index >= 15 is 0 Å². The van der Waals surface area contributed by atoms with Crippen molar-refractivity contribution in [3.63, 3.8) is 0 Å². The number of fused-ring (bicyclic) bond motifs is 1. The van der Waals surface area contributed by atoms with Crippen molar-refractivity contribution < 1.29 is 14.3 Å². The third-order valence-corrected chi connectivity index (χ3v) is 7.74. The molecular formula is C25H38N7O3S+. The Hall–Kier alpha value is -3.21. The average molecular weight is 517 g/mol. The van der Waals surface area contributed by atoms with Crippen molar-refractivity contribution in [2.24, 2.45) is 5.73 Å². The standard InChI is InChI=1S/C25H37N7O3S/c1-15(2)31(24(34)35-25(5,6)7)13-10-14-32-20(26)19(21(27)33)30-23(32)36(16(3)4)22-28-17-11-8-9-12-18(17)29-22/h8-9,11-12,15-16H,10,13-14H2,1-7H3,(H4-,26,27,28,29,33)/p+1. The largest absolute Gasteiger partial charge is 0.444 e. The van der Waals surface area contributed by atoms with E-state index in [1.165, 1.54) is 0 Å². The van der Waals surface area contributed by atoms with Crippen molar-refractivity contribution in [2.45, 2.75) is 88.6 Å². The van der Waals surface area contributed by atoms with Crippen LogP contribution in [0.2, 0.25) is 0 Å². The number of aromatic amines is 1. The zero-order valence-electron chi connectivity index (χ0n) is 22.2. The predicted octanol–water partition coefficient (Wildman–Crippen LogP) is 3.92. The maximum absolute atomic E-state index is 12.7. The van der Waals surface area contributed by atoms with Gasteiger partial charge in [-0.15, -0.1) is 0 Å². The maximum atomic E-state index is 12.7. The third kappa shape index (κ3) is 6.13. The maximum Gasteiger partial charge on any atom is 0.410 e. The normalized spacial score (nSPS) is 12.9. The summed E-state index contributed by atoms with van der Waals surface area (Å²) in [5.74, 6) is -0.456. The van der Waals surface area contributed by atoms with Gasteiger partial charge in [0.05, 0.1) is 11.0 Å². The van der Waals surface area contributed by atoms with Gasteiger partial charge in [0.2, 0.25) is 0 Å². The Balaban J connectivity index is 1.93. The first-order valence-corrected chi connectivity index (χ1v) is 13.4. The molecule has 1 aromatic carbocycles. The lowest BCUT2D eigenvalue weighted by Gasteiger charge is -2.30. The summed E-state index contributed by atoms with van der Waals surface area (Å²) < 4.78 is 7.41. The second-order valence-electron chi connectivity index (χ2n) is 10.2. The molecule has 10 nitrogen and oxygen atoms in total. The number of H-pyrrole nitrogens is 1. The molecule has 2 aromatic heterocycles. The van der Waals surface area contributed by atoms with Crippen LogP contribution in [0.15, 0.2) is 34.6 Å². The molecule has 196 valence electrons. The van der Waals surface area contributed by atoms with E-state index in [0.29, 0.717) is 24.7 Å². The monoisotopic (exact) mass is 516 g/mol. The van der Waals surface area contributed by atoms with Crippen molar-refractivity contribution in [1.29, 1.82) is 0 Å². The van der Waals surface area contributed by atoms with E-state index in [0.717, 1.165) is 16.2 Å². The Bertz CT molecular complexity index is 1190. The molecule has 0 saturated heterocycles. The van der Waals surface area contributed by atoms with Crippen LogP contribution in [0.4, 0.5) is 10.6 Å². The number of rotatable bonds is 9. The first kappa shape index (κ1) is 27.4. The summed E-state index contributed by atoms with van der Waals surface area (Å²) in [4.78, 5) is 39.4. The van der Waals surface area contributed by atoms with Crippen LogP contribution in [0.1, 0.15) is 65.4 Å². The molecule has 1 atom stereocenters. The number of nitrogens with zero attached hydrogens (tertiary/aromatic N) is 4. The van der Waals surface area contributed by atoms with Gasteiger partial charge in [-0.25, -0.2) is 4.79 Å². The summed E-state index contributed by atoms with van der Waals surface area (Å²) in [6.45, 7) is 14.5. The first-order chi connectivity index (χ1) is 16.8. The SMILES string of the molecule is CC(C)N(CCCn1c([S+](c2nc3ccccc3[nH]2)C(C)C)nc(C(N)=O)c1N)C(=O)OC(C)(C)C. The van der Waals surface area contributed by atoms with Crippen LogP contribution in [0.5, 0.6) is 0 Å². The van der Waals surface area contributed by atoms with Crippen LogP contribution >= 0.6 is 0 Å². The van der Waals surface area contributed by atoms with Crippen LogP contribution in [0.3, 0.4) is 0 Å². The van der Waals surface area contributed by atoms with Gasteiger partial charge in [-0.2, -0.15) is 9.97 Å². The van der Waals surface area contributed by atoms with Gasteiger partial charge in [0.1, 0.15) is 27.6 Å². The highest BCUT2D eigenvalue weighted by Gasteiger charge is 2.40. The van der Waals surface area contributed by atoms with E-state index in [2.05, 4.69) is 23.8 Å². The second kappa shape index (κ2) is 10.8. The highest BCUT2D eigenvalue weighted by Crippen LogP contribution is 2.30. The number of nitrogen functional groups attached to an aromatic ring is 1. The molecule has 3 aromatic rings. The fraction of sp³-hybridized carbons (Fsp3) is 0.520. The van der Waals surface area contributed by atoms with Gasteiger partial charge in [0.15, 0.2) is 5.69 Å². The Kier molecular flexibility index (Phi) is 8.22. The van der Waals surface area contributed by atoms with E-state index < -0.39 is 22.4 Å². The van der Waals surface area contributed by atoms with Gasteiger partial charge in [-0.1, -0.05) is 12.1 Å². The van der Waals surface area contributed by atoms with Crippen molar-refractivity contribution >= 4 is 39.7 Å². The molecule has 0 aliphatic carbocycles. The Morgan fingerprint density at radius 2 is 1.83 bits per heavy atom. The molecule has 11 heteroatoms. The Morgan fingerprint density at radius 3 is 2.39 bits per heavy atom. The molecule has 3 rings (SSSR count). The Morgan fingerprint density at radius 1 is 1.17 bits per heavy atom. The summed E-state index contributed by atoms with van der Waals surface area (Å²) in [6, 6.07) is 7.77. The smallest absolute Gasteiger partial charge is 0.410 e. The summed E-state index contributed by atoms with van der Waals surface area (Å²) in [5.41, 5.74) is 13.2. The molecule has 5 N–H and O–H groups in total. The number of nitrogens with two attached hydrogens (primary N) is 2. The van der Waals surface area contributed by atoms with Gasteiger partial charge in [0, 0.05) is 19.1 Å². The zero-order chi connectivity index (χ0) is 26.8. The minimum Gasteiger partial charge on any atom is -0.444 e. The number of carbonyl (C=O) groups is 2. The lowest BCUT2D eigenvalue weighted by atomic mass is 10.2. The van der Waals surface area contributed by atoms with E-state index in [1.54, 1.807) is 4.90 Å². The van der Waals surface area contributed by atoms with Crippen LogP contribution in [0.25, 0.3) is 11.0 Å². The molecule has 0 fully saturated rings. The molecule has 2 amide bonds. The molecular weight excluding hydrogens is 478 g/mol. The number of nitrogens with one attached hydrogen (secondary N) is 1. The van der Waals surface area contributed by atoms with E-state index in [1.807, 2.05) is 63.5 Å². The van der Waals surface area contributed by atoms with Crippen molar-refractivity contribution in [1.82, 2.24) is 24.4 Å². The van der Waals surface area contributed by atoms with Crippen LogP contribution in [-0.4, -0.2) is 59.9 Å². The van der Waals surface area contributed by atoms with Crippen molar-refractivity contribution in [2.75, 3.05) is 12.3 Å². The lowest BCUT2D eigenvalue weighted by molar-refractivity contribution is 0.0186. The fourth-order valence-corrected chi connectivity index (χ4v) is 5.92. The molecule has 0 radical (unpaired) electrons. The number of carbonyl (C=O) groups excluding carboxylic acids is 2. The molecule has 0 bridgehead atoms. The second-order valence-corrected chi connectivity index (χ2v) is 12.6. The highest BCUT2D eigenvalue weighted by molar-refractivity contribution is 7.97. The molecule has 1 unspecified atom stereocenters. The number of aromatic nitrogens is 4. The van der Waals surface area contributed by atoms with Crippen LogP contribution in [0, 0.1) is 0 Å². The first-order valence-electron chi connectivity index (χ1n) is 12.1. The number of amides is 2. The van der Waals surface area contributed by atoms with E-state index in [-0.39, 0.29) is 28.9 Å². The van der Waals surface area contributed by atoms with Gasteiger partial charge < -0.3 is 21.1 Å². The molecule has 0 aliphatic heterocycles. The molecule has 0 saturated carbocycles. The molecule has 36 heavy (non-hydrogen) atoms. The summed E-state index contributed by atoms with van der Waals surface area (Å²) in [7, 11) is -0.606. The number of para-hydroxylation sites is 2. The molecule has 0 spiro atoms.